The van der Waals surface area contributed by atoms with Gasteiger partial charge in [-0.05, 0) is 26.8 Å². The predicted octanol–water partition coefficient (Wildman–Crippen LogP) is 2.62. The van der Waals surface area contributed by atoms with E-state index < -0.39 is 4.92 Å². The second kappa shape index (κ2) is 4.92. The topological polar surface area (TPSA) is 83.1 Å². The quantitative estimate of drug-likeness (QED) is 0.635. The van der Waals surface area contributed by atoms with Gasteiger partial charge in [0.15, 0.2) is 5.82 Å². The standard InChI is InChI=1S/C13H16N4O3/c1-13(2,3)16-8-14-15-12(16)9-6-5-7-10(17(18)19)11(9)20-4/h5-8H,1-4H3. The zero-order valence-electron chi connectivity index (χ0n) is 11.8. The molecule has 0 aliphatic carbocycles. The number of aromatic nitrogens is 3. The second-order valence-corrected chi connectivity index (χ2v) is 5.31. The largest absolute Gasteiger partial charge is 0.490 e. The minimum absolute atomic E-state index is 0.0894. The van der Waals surface area contributed by atoms with Crippen LogP contribution in [0.5, 0.6) is 5.75 Å². The predicted molar refractivity (Wildman–Crippen MR) is 73.7 cm³/mol. The maximum atomic E-state index is 11.1. The van der Waals surface area contributed by atoms with Crippen LogP contribution in [0, 0.1) is 10.1 Å². The van der Waals surface area contributed by atoms with Crippen molar-refractivity contribution >= 4 is 5.69 Å². The molecular weight excluding hydrogens is 260 g/mol. The fourth-order valence-corrected chi connectivity index (χ4v) is 1.97. The Kier molecular flexibility index (Phi) is 3.44. The van der Waals surface area contributed by atoms with Crippen molar-refractivity contribution in [3.05, 3.63) is 34.6 Å². The van der Waals surface area contributed by atoms with Gasteiger partial charge in [-0.1, -0.05) is 6.07 Å². The Morgan fingerprint density at radius 1 is 1.35 bits per heavy atom. The minimum Gasteiger partial charge on any atom is -0.490 e. The molecule has 2 aromatic rings. The molecule has 0 fully saturated rings. The molecule has 2 rings (SSSR count). The van der Waals surface area contributed by atoms with E-state index in [1.54, 1.807) is 18.5 Å². The molecule has 0 radical (unpaired) electrons. The summed E-state index contributed by atoms with van der Waals surface area (Å²) in [5.41, 5.74) is 0.219. The molecular formula is C13H16N4O3. The molecule has 0 bridgehead atoms. The summed E-state index contributed by atoms with van der Waals surface area (Å²) in [6, 6.07) is 4.75. The van der Waals surface area contributed by atoms with Crippen molar-refractivity contribution in [2.24, 2.45) is 0 Å². The van der Waals surface area contributed by atoms with E-state index in [2.05, 4.69) is 10.2 Å². The molecule has 0 aliphatic heterocycles. The van der Waals surface area contributed by atoms with Crippen LogP contribution in [0.2, 0.25) is 0 Å². The van der Waals surface area contributed by atoms with Gasteiger partial charge in [0.2, 0.25) is 5.75 Å². The third kappa shape index (κ3) is 2.34. The highest BCUT2D eigenvalue weighted by Gasteiger charge is 2.25. The van der Waals surface area contributed by atoms with Gasteiger partial charge in [-0.3, -0.25) is 10.1 Å². The Morgan fingerprint density at radius 2 is 2.05 bits per heavy atom. The lowest BCUT2D eigenvalue weighted by Gasteiger charge is -2.22. The number of nitrogens with zero attached hydrogens (tertiary/aromatic N) is 4. The fourth-order valence-electron chi connectivity index (χ4n) is 1.97. The molecule has 20 heavy (non-hydrogen) atoms. The summed E-state index contributed by atoms with van der Waals surface area (Å²) < 4.78 is 7.06. The van der Waals surface area contributed by atoms with E-state index >= 15 is 0 Å². The number of ether oxygens (including phenoxy) is 1. The molecule has 0 amide bonds. The van der Waals surface area contributed by atoms with E-state index in [0.717, 1.165) is 0 Å². The average Bonchev–Trinajstić information content (AvgIpc) is 2.86. The summed E-state index contributed by atoms with van der Waals surface area (Å²) in [4.78, 5) is 10.6. The van der Waals surface area contributed by atoms with E-state index in [1.165, 1.54) is 13.2 Å². The smallest absolute Gasteiger partial charge is 0.311 e. The van der Waals surface area contributed by atoms with E-state index in [4.69, 9.17) is 4.74 Å². The zero-order chi connectivity index (χ0) is 14.9. The molecule has 7 nitrogen and oxygen atoms in total. The lowest BCUT2D eigenvalue weighted by molar-refractivity contribution is -0.385. The van der Waals surface area contributed by atoms with Crippen LogP contribution < -0.4 is 4.74 Å². The zero-order valence-corrected chi connectivity index (χ0v) is 11.8. The number of rotatable bonds is 3. The van der Waals surface area contributed by atoms with Gasteiger partial charge in [-0.15, -0.1) is 10.2 Å². The summed E-state index contributed by atoms with van der Waals surface area (Å²) in [6.45, 7) is 6.01. The molecule has 106 valence electrons. The molecule has 1 aromatic heterocycles. The molecule has 0 N–H and O–H groups in total. The molecule has 0 unspecified atom stereocenters. The average molecular weight is 276 g/mol. The van der Waals surface area contributed by atoms with Crippen molar-refractivity contribution in [1.29, 1.82) is 0 Å². The maximum Gasteiger partial charge on any atom is 0.311 e. The number of nitro benzene ring substituents is 1. The van der Waals surface area contributed by atoms with Crippen LogP contribution in [0.25, 0.3) is 11.4 Å². The van der Waals surface area contributed by atoms with E-state index in [9.17, 15) is 10.1 Å². The fraction of sp³-hybridized carbons (Fsp3) is 0.385. The van der Waals surface area contributed by atoms with Crippen LogP contribution in [0.15, 0.2) is 24.5 Å². The SMILES string of the molecule is COc1c(-c2nncn2C(C)(C)C)cccc1[N+](=O)[O-]. The van der Waals surface area contributed by atoms with Gasteiger partial charge < -0.3 is 9.30 Å². The highest BCUT2D eigenvalue weighted by molar-refractivity contribution is 5.71. The number of hydrogen-bond donors (Lipinski definition) is 0. The van der Waals surface area contributed by atoms with E-state index in [1.807, 2.05) is 25.3 Å². The van der Waals surface area contributed by atoms with Gasteiger partial charge in [0, 0.05) is 11.6 Å². The molecule has 0 atom stereocenters. The van der Waals surface area contributed by atoms with Gasteiger partial charge in [0.05, 0.1) is 17.6 Å². The van der Waals surface area contributed by atoms with Crippen LogP contribution in [-0.4, -0.2) is 26.8 Å². The lowest BCUT2D eigenvalue weighted by Crippen LogP contribution is -2.22. The van der Waals surface area contributed by atoms with Gasteiger partial charge in [-0.25, -0.2) is 0 Å². The molecule has 0 spiro atoms. The number of para-hydroxylation sites is 1. The Morgan fingerprint density at radius 3 is 2.60 bits per heavy atom. The summed E-state index contributed by atoms with van der Waals surface area (Å²) in [6.07, 6.45) is 1.60. The molecule has 0 saturated carbocycles. The van der Waals surface area contributed by atoms with Crippen molar-refractivity contribution in [3.63, 3.8) is 0 Å². The van der Waals surface area contributed by atoms with Crippen molar-refractivity contribution in [1.82, 2.24) is 14.8 Å². The molecule has 0 saturated heterocycles. The van der Waals surface area contributed by atoms with Crippen LogP contribution in [0.4, 0.5) is 5.69 Å². The van der Waals surface area contributed by atoms with Gasteiger partial charge in [0.1, 0.15) is 6.33 Å². The van der Waals surface area contributed by atoms with Crippen LogP contribution in [-0.2, 0) is 5.54 Å². The highest BCUT2D eigenvalue weighted by Crippen LogP contribution is 2.37. The lowest BCUT2D eigenvalue weighted by atomic mass is 10.1. The van der Waals surface area contributed by atoms with Gasteiger partial charge in [0.25, 0.3) is 0 Å². The van der Waals surface area contributed by atoms with Crippen molar-refractivity contribution in [2.45, 2.75) is 26.3 Å². The van der Waals surface area contributed by atoms with Gasteiger partial charge >= 0.3 is 5.69 Å². The second-order valence-electron chi connectivity index (χ2n) is 5.31. The third-order valence-electron chi connectivity index (χ3n) is 2.91. The molecule has 1 aromatic carbocycles. The monoisotopic (exact) mass is 276 g/mol. The summed E-state index contributed by atoms with van der Waals surface area (Å²) >= 11 is 0. The Balaban J connectivity index is 2.68. The number of hydrogen-bond acceptors (Lipinski definition) is 5. The molecule has 1 heterocycles. The Bertz CT molecular complexity index is 643. The third-order valence-corrected chi connectivity index (χ3v) is 2.91. The first kappa shape index (κ1) is 14.0. The molecule has 0 aliphatic rings. The first-order valence-corrected chi connectivity index (χ1v) is 6.08. The van der Waals surface area contributed by atoms with Crippen molar-refractivity contribution in [3.8, 4) is 17.1 Å². The van der Waals surface area contributed by atoms with E-state index in [0.29, 0.717) is 11.4 Å². The van der Waals surface area contributed by atoms with Crippen molar-refractivity contribution < 1.29 is 9.66 Å². The first-order chi connectivity index (χ1) is 9.36. The van der Waals surface area contributed by atoms with Gasteiger partial charge in [-0.2, -0.15) is 0 Å². The normalized spacial score (nSPS) is 11.4. The van der Waals surface area contributed by atoms with E-state index in [-0.39, 0.29) is 17.0 Å². The minimum atomic E-state index is -0.472. The van der Waals surface area contributed by atoms with Crippen molar-refractivity contribution in [2.75, 3.05) is 7.11 Å². The molecule has 7 heteroatoms. The highest BCUT2D eigenvalue weighted by atomic mass is 16.6. The number of benzene rings is 1. The maximum absolute atomic E-state index is 11.1. The van der Waals surface area contributed by atoms with Crippen LogP contribution in [0.3, 0.4) is 0 Å². The summed E-state index contributed by atoms with van der Waals surface area (Å²) in [7, 11) is 1.41. The number of methoxy groups -OCH3 is 1. The Hall–Kier alpha value is -2.44. The van der Waals surface area contributed by atoms with Crippen LogP contribution >= 0.6 is 0 Å². The number of nitro groups is 1. The Labute approximate surface area is 116 Å². The first-order valence-electron chi connectivity index (χ1n) is 6.08. The summed E-state index contributed by atoms with van der Waals surface area (Å²) in [5, 5.41) is 19.0. The van der Waals surface area contributed by atoms with Crippen LogP contribution in [0.1, 0.15) is 20.8 Å². The summed E-state index contributed by atoms with van der Waals surface area (Å²) in [5.74, 6) is 0.731.